The maximum Gasteiger partial charge on any atom is 0.0234 e. The molecule has 0 aromatic heterocycles. The third-order valence-corrected chi connectivity index (χ3v) is 3.08. The summed E-state index contributed by atoms with van der Waals surface area (Å²) < 4.78 is 0. The Morgan fingerprint density at radius 1 is 1.24 bits per heavy atom. The van der Waals surface area contributed by atoms with E-state index in [0.29, 0.717) is 5.92 Å². The smallest absolute Gasteiger partial charge is 0.0234 e. The third-order valence-electron chi connectivity index (χ3n) is 3.08. The summed E-state index contributed by atoms with van der Waals surface area (Å²) in [5.74, 6) is 0.591. The fourth-order valence-electron chi connectivity index (χ4n) is 2.07. The Morgan fingerprint density at radius 3 is 2.41 bits per heavy atom. The quantitative estimate of drug-likeness (QED) is 0.849. The highest BCUT2D eigenvalue weighted by Crippen LogP contribution is 2.19. The predicted molar refractivity (Wildman–Crippen MR) is 75.3 cm³/mol. The Bertz CT molecular complexity index is 356. The number of hydrogen-bond acceptors (Lipinski definition) is 2. The van der Waals surface area contributed by atoms with Crippen LogP contribution in [0.1, 0.15) is 43.4 Å². The molecule has 1 rings (SSSR count). The number of benzene rings is 1. The van der Waals surface area contributed by atoms with Gasteiger partial charge in [-0.05, 0) is 43.5 Å². The molecule has 1 atom stereocenters. The van der Waals surface area contributed by atoms with Crippen LogP contribution < -0.4 is 5.73 Å². The van der Waals surface area contributed by atoms with Gasteiger partial charge in [-0.3, -0.25) is 0 Å². The van der Waals surface area contributed by atoms with Crippen molar-refractivity contribution in [3.8, 4) is 0 Å². The lowest BCUT2D eigenvalue weighted by molar-refractivity contribution is 0.309. The normalized spacial score (nSPS) is 13.4. The number of nitrogens with two attached hydrogens (primary N) is 1. The van der Waals surface area contributed by atoms with Crippen LogP contribution >= 0.6 is 0 Å². The van der Waals surface area contributed by atoms with E-state index in [1.54, 1.807) is 0 Å². The highest BCUT2D eigenvalue weighted by Gasteiger charge is 2.07. The topological polar surface area (TPSA) is 29.3 Å². The molecule has 2 heteroatoms. The Hall–Kier alpha value is -0.860. The van der Waals surface area contributed by atoms with Gasteiger partial charge in [0.1, 0.15) is 0 Å². The average molecular weight is 234 g/mol. The number of likely N-dealkylation sites (N-methyl/N-ethyl adjacent to an activating group) is 1. The second kappa shape index (κ2) is 6.18. The maximum atomic E-state index is 5.82. The first kappa shape index (κ1) is 14.2. The lowest BCUT2D eigenvalue weighted by atomic mass is 9.97. The van der Waals surface area contributed by atoms with Crippen molar-refractivity contribution in [3.63, 3.8) is 0 Å². The van der Waals surface area contributed by atoms with Crippen LogP contribution in [0, 0.1) is 6.92 Å². The van der Waals surface area contributed by atoms with Crippen molar-refractivity contribution in [2.45, 2.75) is 46.2 Å². The Kier molecular flexibility index (Phi) is 5.16. The van der Waals surface area contributed by atoms with E-state index >= 15 is 0 Å². The van der Waals surface area contributed by atoms with Crippen molar-refractivity contribution >= 4 is 0 Å². The van der Waals surface area contributed by atoms with Gasteiger partial charge in [0.15, 0.2) is 0 Å². The lowest BCUT2D eigenvalue weighted by Gasteiger charge is -2.21. The van der Waals surface area contributed by atoms with E-state index in [2.05, 4.69) is 50.9 Å². The zero-order valence-electron chi connectivity index (χ0n) is 11.8. The predicted octanol–water partition coefficient (Wildman–Crippen LogP) is 2.90. The monoisotopic (exact) mass is 234 g/mol. The van der Waals surface area contributed by atoms with Crippen LogP contribution in [0.4, 0.5) is 0 Å². The van der Waals surface area contributed by atoms with E-state index in [-0.39, 0.29) is 6.04 Å². The molecule has 1 aromatic carbocycles. The molecular weight excluding hydrogens is 208 g/mol. The summed E-state index contributed by atoms with van der Waals surface area (Å²) in [5.41, 5.74) is 10.0. The molecule has 17 heavy (non-hydrogen) atoms. The molecule has 0 aliphatic heterocycles. The molecule has 0 saturated carbocycles. The van der Waals surface area contributed by atoms with Crippen molar-refractivity contribution < 1.29 is 0 Å². The van der Waals surface area contributed by atoms with E-state index in [0.717, 1.165) is 13.1 Å². The van der Waals surface area contributed by atoms with E-state index in [1.807, 2.05) is 6.92 Å². The minimum Gasteiger partial charge on any atom is -0.327 e. The van der Waals surface area contributed by atoms with Gasteiger partial charge in [0.25, 0.3) is 0 Å². The number of nitrogens with zero attached hydrogens (tertiary/aromatic N) is 1. The number of hydrogen-bond donors (Lipinski definition) is 1. The molecule has 1 aromatic rings. The van der Waals surface area contributed by atoms with Crippen LogP contribution in [0.25, 0.3) is 0 Å². The SMILES string of the molecule is Cc1ccc(C(C)C)cc1CN(C)CC(C)N. The van der Waals surface area contributed by atoms with Crippen LogP contribution in [0.5, 0.6) is 0 Å². The molecule has 2 nitrogen and oxygen atoms in total. The van der Waals surface area contributed by atoms with Crippen molar-refractivity contribution in [2.24, 2.45) is 5.73 Å². The summed E-state index contributed by atoms with van der Waals surface area (Å²) in [7, 11) is 2.13. The summed E-state index contributed by atoms with van der Waals surface area (Å²) in [6.45, 7) is 10.6. The molecule has 0 fully saturated rings. The van der Waals surface area contributed by atoms with Crippen LogP contribution in [0.3, 0.4) is 0 Å². The first-order chi connectivity index (χ1) is 7.90. The third kappa shape index (κ3) is 4.49. The van der Waals surface area contributed by atoms with Crippen LogP contribution in [-0.4, -0.2) is 24.5 Å². The molecule has 0 bridgehead atoms. The molecular formula is C15H26N2. The molecule has 0 spiro atoms. The molecule has 1 unspecified atom stereocenters. The first-order valence-electron chi connectivity index (χ1n) is 6.43. The highest BCUT2D eigenvalue weighted by atomic mass is 15.1. The Balaban J connectivity index is 2.79. The van der Waals surface area contributed by atoms with Crippen molar-refractivity contribution in [3.05, 3.63) is 34.9 Å². The van der Waals surface area contributed by atoms with Gasteiger partial charge >= 0.3 is 0 Å². The van der Waals surface area contributed by atoms with Gasteiger partial charge < -0.3 is 10.6 Å². The molecule has 96 valence electrons. The van der Waals surface area contributed by atoms with E-state index in [1.165, 1.54) is 16.7 Å². The summed E-state index contributed by atoms with van der Waals surface area (Å²) in [5, 5.41) is 0. The highest BCUT2D eigenvalue weighted by molar-refractivity contribution is 5.32. The standard InChI is InChI=1S/C15H26N2/c1-11(2)14-7-6-12(3)15(8-14)10-17(5)9-13(4)16/h6-8,11,13H,9-10,16H2,1-5H3. The molecule has 0 heterocycles. The molecule has 0 aliphatic carbocycles. The van der Waals surface area contributed by atoms with Gasteiger partial charge in [-0.2, -0.15) is 0 Å². The Morgan fingerprint density at radius 2 is 1.88 bits per heavy atom. The summed E-state index contributed by atoms with van der Waals surface area (Å²) in [6, 6.07) is 7.02. The molecule has 0 amide bonds. The molecule has 0 radical (unpaired) electrons. The van der Waals surface area contributed by atoms with E-state index < -0.39 is 0 Å². The zero-order chi connectivity index (χ0) is 13.0. The van der Waals surface area contributed by atoms with Gasteiger partial charge in [-0.25, -0.2) is 0 Å². The average Bonchev–Trinajstić information content (AvgIpc) is 2.19. The van der Waals surface area contributed by atoms with Gasteiger partial charge in [0, 0.05) is 19.1 Å². The van der Waals surface area contributed by atoms with Gasteiger partial charge in [-0.1, -0.05) is 32.0 Å². The second-order valence-corrected chi connectivity index (χ2v) is 5.51. The maximum absolute atomic E-state index is 5.82. The number of aryl methyl sites for hydroxylation is 1. The van der Waals surface area contributed by atoms with Gasteiger partial charge in [0.05, 0.1) is 0 Å². The van der Waals surface area contributed by atoms with Crippen molar-refractivity contribution in [1.82, 2.24) is 4.90 Å². The first-order valence-corrected chi connectivity index (χ1v) is 6.43. The Labute approximate surface area is 106 Å². The second-order valence-electron chi connectivity index (χ2n) is 5.51. The van der Waals surface area contributed by atoms with Crippen LogP contribution in [0.2, 0.25) is 0 Å². The van der Waals surface area contributed by atoms with E-state index in [4.69, 9.17) is 5.73 Å². The lowest BCUT2D eigenvalue weighted by Crippen LogP contribution is -2.32. The van der Waals surface area contributed by atoms with Crippen LogP contribution in [-0.2, 0) is 6.54 Å². The minimum atomic E-state index is 0.230. The minimum absolute atomic E-state index is 0.230. The zero-order valence-corrected chi connectivity index (χ0v) is 11.8. The van der Waals surface area contributed by atoms with E-state index in [9.17, 15) is 0 Å². The summed E-state index contributed by atoms with van der Waals surface area (Å²) in [6.07, 6.45) is 0. The largest absolute Gasteiger partial charge is 0.327 e. The van der Waals surface area contributed by atoms with Crippen LogP contribution in [0.15, 0.2) is 18.2 Å². The van der Waals surface area contributed by atoms with Crippen molar-refractivity contribution in [1.29, 1.82) is 0 Å². The van der Waals surface area contributed by atoms with Gasteiger partial charge in [-0.15, -0.1) is 0 Å². The van der Waals surface area contributed by atoms with Gasteiger partial charge in [0.2, 0.25) is 0 Å². The molecule has 2 N–H and O–H groups in total. The number of rotatable bonds is 5. The summed E-state index contributed by atoms with van der Waals surface area (Å²) in [4.78, 5) is 2.29. The fraction of sp³-hybridized carbons (Fsp3) is 0.600. The summed E-state index contributed by atoms with van der Waals surface area (Å²) >= 11 is 0. The van der Waals surface area contributed by atoms with Crippen molar-refractivity contribution in [2.75, 3.05) is 13.6 Å². The molecule has 0 aliphatic rings. The fourth-order valence-corrected chi connectivity index (χ4v) is 2.07. The molecule has 0 saturated heterocycles.